The van der Waals surface area contributed by atoms with Gasteiger partial charge in [-0.25, -0.2) is 4.79 Å². The van der Waals surface area contributed by atoms with E-state index in [1.54, 1.807) is 24.3 Å². The second-order valence-electron chi connectivity index (χ2n) is 3.39. The fourth-order valence-electron chi connectivity index (χ4n) is 1.56. The zero-order chi connectivity index (χ0) is 11.5. The Kier molecular flexibility index (Phi) is 2.97. The molecule has 1 amide bonds. The van der Waals surface area contributed by atoms with Crippen LogP contribution in [0, 0.1) is 11.3 Å². The Labute approximate surface area is 98.0 Å². The SMILES string of the molecule is N#CC1CCN(c2ccccc2Cl)C(=O)O1. The Morgan fingerprint density at radius 1 is 1.50 bits per heavy atom. The smallest absolute Gasteiger partial charge is 0.415 e. The van der Waals surface area contributed by atoms with Crippen molar-refractivity contribution in [2.45, 2.75) is 12.5 Å². The largest absolute Gasteiger partial charge is 0.430 e. The zero-order valence-corrected chi connectivity index (χ0v) is 9.15. The summed E-state index contributed by atoms with van der Waals surface area (Å²) in [4.78, 5) is 13.1. The molecule has 1 aliphatic rings. The Morgan fingerprint density at radius 2 is 2.25 bits per heavy atom. The average molecular weight is 237 g/mol. The minimum Gasteiger partial charge on any atom is -0.430 e. The lowest BCUT2D eigenvalue weighted by atomic mass is 10.2. The molecule has 1 aromatic rings. The van der Waals surface area contributed by atoms with Gasteiger partial charge in [-0.3, -0.25) is 4.90 Å². The summed E-state index contributed by atoms with van der Waals surface area (Å²) in [5, 5.41) is 9.14. The van der Waals surface area contributed by atoms with Crippen LogP contribution in [-0.4, -0.2) is 18.7 Å². The first-order valence-electron chi connectivity index (χ1n) is 4.84. The molecule has 16 heavy (non-hydrogen) atoms. The molecule has 0 aliphatic carbocycles. The maximum Gasteiger partial charge on any atom is 0.415 e. The second-order valence-corrected chi connectivity index (χ2v) is 3.80. The third-order valence-corrected chi connectivity index (χ3v) is 2.69. The summed E-state index contributed by atoms with van der Waals surface area (Å²) in [7, 11) is 0. The van der Waals surface area contributed by atoms with Crippen molar-refractivity contribution in [3.63, 3.8) is 0 Å². The van der Waals surface area contributed by atoms with E-state index in [1.807, 2.05) is 6.07 Å². The van der Waals surface area contributed by atoms with Crippen molar-refractivity contribution in [1.29, 1.82) is 5.26 Å². The number of carbonyl (C=O) groups is 1. The molecule has 0 saturated carbocycles. The van der Waals surface area contributed by atoms with Gasteiger partial charge in [-0.15, -0.1) is 0 Å². The fraction of sp³-hybridized carbons (Fsp3) is 0.273. The highest BCUT2D eigenvalue weighted by Gasteiger charge is 2.28. The number of nitrogens with zero attached hydrogens (tertiary/aromatic N) is 2. The highest BCUT2D eigenvalue weighted by atomic mass is 35.5. The van der Waals surface area contributed by atoms with Gasteiger partial charge in [0, 0.05) is 13.0 Å². The van der Waals surface area contributed by atoms with Crippen LogP contribution in [0.5, 0.6) is 0 Å². The molecule has 4 nitrogen and oxygen atoms in total. The van der Waals surface area contributed by atoms with Gasteiger partial charge in [0.2, 0.25) is 0 Å². The summed E-state index contributed by atoms with van der Waals surface area (Å²) < 4.78 is 4.92. The average Bonchev–Trinajstić information content (AvgIpc) is 2.30. The highest BCUT2D eigenvalue weighted by Crippen LogP contribution is 2.28. The van der Waals surface area contributed by atoms with Gasteiger partial charge >= 0.3 is 6.09 Å². The van der Waals surface area contributed by atoms with E-state index in [0.29, 0.717) is 23.7 Å². The van der Waals surface area contributed by atoms with Crippen molar-refractivity contribution in [3.8, 4) is 6.07 Å². The van der Waals surface area contributed by atoms with E-state index in [0.717, 1.165) is 0 Å². The lowest BCUT2D eigenvalue weighted by Gasteiger charge is -2.29. The molecule has 0 aromatic heterocycles. The Balaban J connectivity index is 2.22. The van der Waals surface area contributed by atoms with Crippen LogP contribution in [0.15, 0.2) is 24.3 Å². The lowest BCUT2D eigenvalue weighted by Crippen LogP contribution is -2.41. The molecule has 1 fully saturated rings. The zero-order valence-electron chi connectivity index (χ0n) is 8.39. The van der Waals surface area contributed by atoms with E-state index < -0.39 is 12.2 Å². The van der Waals surface area contributed by atoms with Crippen LogP contribution in [0.25, 0.3) is 0 Å². The Bertz CT molecular complexity index is 456. The maximum absolute atomic E-state index is 11.6. The molecule has 1 aliphatic heterocycles. The number of hydrogen-bond donors (Lipinski definition) is 0. The second kappa shape index (κ2) is 4.42. The van der Waals surface area contributed by atoms with Crippen LogP contribution >= 0.6 is 11.6 Å². The number of hydrogen-bond acceptors (Lipinski definition) is 3. The van der Waals surface area contributed by atoms with Crippen LogP contribution < -0.4 is 4.90 Å². The molecule has 5 heteroatoms. The van der Waals surface area contributed by atoms with Crippen LogP contribution in [-0.2, 0) is 4.74 Å². The Hall–Kier alpha value is -1.73. The number of para-hydroxylation sites is 1. The number of anilines is 1. The van der Waals surface area contributed by atoms with Crippen molar-refractivity contribution in [3.05, 3.63) is 29.3 Å². The first-order valence-corrected chi connectivity index (χ1v) is 5.22. The van der Waals surface area contributed by atoms with Crippen molar-refractivity contribution in [2.24, 2.45) is 0 Å². The van der Waals surface area contributed by atoms with Crippen LogP contribution in [0.2, 0.25) is 5.02 Å². The number of carbonyl (C=O) groups excluding carboxylic acids is 1. The molecule has 0 radical (unpaired) electrons. The standard InChI is InChI=1S/C11H9ClN2O2/c12-9-3-1-2-4-10(9)14-6-5-8(7-13)16-11(14)15/h1-4,8H,5-6H2. The van der Waals surface area contributed by atoms with Gasteiger partial charge in [0.25, 0.3) is 0 Å². The van der Waals surface area contributed by atoms with Gasteiger partial charge in [-0.2, -0.15) is 5.26 Å². The van der Waals surface area contributed by atoms with Crippen LogP contribution in [0.4, 0.5) is 10.5 Å². The van der Waals surface area contributed by atoms with Crippen molar-refractivity contribution < 1.29 is 9.53 Å². The molecule has 2 rings (SSSR count). The maximum atomic E-state index is 11.6. The molecule has 1 atom stereocenters. The summed E-state index contributed by atoms with van der Waals surface area (Å²) >= 11 is 5.98. The van der Waals surface area contributed by atoms with Crippen molar-refractivity contribution in [1.82, 2.24) is 0 Å². The van der Waals surface area contributed by atoms with E-state index in [-0.39, 0.29) is 0 Å². The Morgan fingerprint density at radius 3 is 2.88 bits per heavy atom. The monoisotopic (exact) mass is 236 g/mol. The highest BCUT2D eigenvalue weighted by molar-refractivity contribution is 6.33. The van der Waals surface area contributed by atoms with Crippen LogP contribution in [0.1, 0.15) is 6.42 Å². The fourth-order valence-corrected chi connectivity index (χ4v) is 1.80. The number of amides is 1. The third kappa shape index (κ3) is 1.95. The van der Waals surface area contributed by atoms with Gasteiger partial charge in [0.05, 0.1) is 10.7 Å². The first kappa shape index (κ1) is 10.8. The van der Waals surface area contributed by atoms with E-state index in [1.165, 1.54) is 4.90 Å². The molecular formula is C11H9ClN2O2. The van der Waals surface area contributed by atoms with Crippen LogP contribution in [0.3, 0.4) is 0 Å². The van der Waals surface area contributed by atoms with E-state index in [4.69, 9.17) is 21.6 Å². The van der Waals surface area contributed by atoms with Gasteiger partial charge < -0.3 is 4.74 Å². The normalized spacial score (nSPS) is 20.1. The summed E-state index contributed by atoms with van der Waals surface area (Å²) in [5.41, 5.74) is 0.616. The molecular weight excluding hydrogens is 228 g/mol. The molecule has 1 heterocycles. The van der Waals surface area contributed by atoms with Gasteiger partial charge in [0.15, 0.2) is 6.10 Å². The number of rotatable bonds is 1. The van der Waals surface area contributed by atoms with Gasteiger partial charge in [-0.1, -0.05) is 23.7 Å². The minimum absolute atomic E-state index is 0.445. The molecule has 0 spiro atoms. The molecule has 82 valence electrons. The van der Waals surface area contributed by atoms with Crippen molar-refractivity contribution >= 4 is 23.4 Å². The number of halogens is 1. The summed E-state index contributed by atoms with van der Waals surface area (Å²) in [5.74, 6) is 0. The molecule has 1 unspecified atom stereocenters. The van der Waals surface area contributed by atoms with E-state index in [9.17, 15) is 4.79 Å². The predicted octanol–water partition coefficient (Wildman–Crippen LogP) is 2.58. The topological polar surface area (TPSA) is 53.3 Å². The molecule has 1 saturated heterocycles. The lowest BCUT2D eigenvalue weighted by molar-refractivity contribution is 0.111. The number of cyclic esters (lactones) is 1. The third-order valence-electron chi connectivity index (χ3n) is 2.37. The summed E-state index contributed by atoms with van der Waals surface area (Å²) in [6, 6.07) is 8.96. The number of ether oxygens (including phenoxy) is 1. The number of benzene rings is 1. The van der Waals surface area contributed by atoms with Gasteiger partial charge in [-0.05, 0) is 12.1 Å². The van der Waals surface area contributed by atoms with E-state index in [2.05, 4.69) is 0 Å². The summed E-state index contributed by atoms with van der Waals surface area (Å²) in [6.45, 7) is 0.445. The van der Waals surface area contributed by atoms with E-state index >= 15 is 0 Å². The van der Waals surface area contributed by atoms with Crippen molar-refractivity contribution in [2.75, 3.05) is 11.4 Å². The molecule has 0 N–H and O–H groups in total. The van der Waals surface area contributed by atoms with Gasteiger partial charge in [0.1, 0.15) is 6.07 Å². The summed E-state index contributed by atoms with van der Waals surface area (Å²) in [6.07, 6.45) is -0.676. The quantitative estimate of drug-likeness (QED) is 0.753. The minimum atomic E-state index is -0.647. The first-order chi connectivity index (χ1) is 7.72. The molecule has 1 aromatic carbocycles. The predicted molar refractivity (Wildman–Crippen MR) is 59.3 cm³/mol. The molecule has 0 bridgehead atoms. The number of nitriles is 1.